The van der Waals surface area contributed by atoms with Crippen molar-refractivity contribution in [2.24, 2.45) is 5.84 Å². The van der Waals surface area contributed by atoms with Gasteiger partial charge in [0.25, 0.3) is 0 Å². The lowest BCUT2D eigenvalue weighted by Crippen LogP contribution is -2.41. The lowest BCUT2D eigenvalue weighted by atomic mass is 9.91. The van der Waals surface area contributed by atoms with Gasteiger partial charge in [0, 0.05) is 18.2 Å². The minimum absolute atomic E-state index is 0.0737. The van der Waals surface area contributed by atoms with Crippen molar-refractivity contribution in [3.63, 3.8) is 0 Å². The number of carbonyl (C=O) groups is 1. The van der Waals surface area contributed by atoms with Gasteiger partial charge in [-0.05, 0) is 25.8 Å². The summed E-state index contributed by atoms with van der Waals surface area (Å²) in [6.45, 7) is 1.92. The Morgan fingerprint density at radius 3 is 2.37 bits per heavy atom. The summed E-state index contributed by atoms with van der Waals surface area (Å²) in [5.41, 5.74) is 1.28. The Labute approximate surface area is 113 Å². The fraction of sp³-hybridized carbons (Fsp3) is 0.500. The molecule has 1 aromatic carbocycles. The summed E-state index contributed by atoms with van der Waals surface area (Å²) >= 11 is 0. The zero-order chi connectivity index (χ0) is 14.2. The van der Waals surface area contributed by atoms with E-state index in [9.17, 15) is 4.79 Å². The van der Waals surface area contributed by atoms with Crippen molar-refractivity contribution in [2.75, 3.05) is 21.3 Å². The fourth-order valence-corrected chi connectivity index (χ4v) is 2.60. The second-order valence-corrected chi connectivity index (χ2v) is 4.97. The third kappa shape index (κ3) is 2.04. The van der Waals surface area contributed by atoms with Crippen LogP contribution in [0.1, 0.15) is 24.0 Å². The maximum absolute atomic E-state index is 12.3. The van der Waals surface area contributed by atoms with E-state index in [1.165, 1.54) is 0 Å². The highest BCUT2D eigenvalue weighted by molar-refractivity contribution is 5.91. The van der Waals surface area contributed by atoms with E-state index in [4.69, 9.17) is 15.3 Å². The zero-order valence-electron chi connectivity index (χ0n) is 11.8. The normalized spacial score (nSPS) is 15.8. The van der Waals surface area contributed by atoms with Crippen LogP contribution in [0.2, 0.25) is 0 Å². The number of benzene rings is 1. The van der Waals surface area contributed by atoms with Crippen LogP contribution in [0.15, 0.2) is 12.1 Å². The quantitative estimate of drug-likeness (QED) is 0.507. The van der Waals surface area contributed by atoms with E-state index in [2.05, 4.69) is 0 Å². The number of carbonyl (C=O) groups excluding carboxylic acids is 1. The van der Waals surface area contributed by atoms with E-state index in [1.54, 1.807) is 21.3 Å². The molecule has 0 atom stereocenters. The maximum Gasteiger partial charge on any atom is 0.246 e. The average molecular weight is 264 g/mol. The first-order valence-electron chi connectivity index (χ1n) is 6.23. The molecule has 0 radical (unpaired) electrons. The molecule has 1 saturated carbocycles. The highest BCUT2D eigenvalue weighted by atomic mass is 16.5. The topological polar surface area (TPSA) is 64.8 Å². The highest BCUT2D eigenvalue weighted by Gasteiger charge is 2.54. The Morgan fingerprint density at radius 1 is 1.32 bits per heavy atom. The Bertz CT molecular complexity index is 508. The average Bonchev–Trinajstić information content (AvgIpc) is 3.18. The Hall–Kier alpha value is -1.75. The van der Waals surface area contributed by atoms with Crippen molar-refractivity contribution in [3.8, 4) is 11.5 Å². The van der Waals surface area contributed by atoms with Crippen LogP contribution < -0.4 is 15.3 Å². The summed E-state index contributed by atoms with van der Waals surface area (Å²) in [6.07, 6.45) is 1.60. The molecule has 1 aliphatic rings. The van der Waals surface area contributed by atoms with E-state index in [0.29, 0.717) is 5.75 Å². The van der Waals surface area contributed by atoms with E-state index in [-0.39, 0.29) is 5.91 Å². The first-order chi connectivity index (χ1) is 8.97. The minimum atomic E-state index is -0.522. The molecule has 0 heterocycles. The van der Waals surface area contributed by atoms with Crippen molar-refractivity contribution in [3.05, 3.63) is 23.3 Å². The second-order valence-electron chi connectivity index (χ2n) is 4.97. The van der Waals surface area contributed by atoms with Gasteiger partial charge >= 0.3 is 0 Å². The molecule has 1 fully saturated rings. The molecule has 0 aliphatic heterocycles. The lowest BCUT2D eigenvalue weighted by molar-refractivity contribution is -0.132. The molecule has 2 N–H and O–H groups in total. The predicted molar refractivity (Wildman–Crippen MR) is 72.2 cm³/mol. The van der Waals surface area contributed by atoms with Gasteiger partial charge in [0.05, 0.1) is 19.6 Å². The fourth-order valence-electron chi connectivity index (χ4n) is 2.60. The number of nitrogens with two attached hydrogens (primary N) is 1. The van der Waals surface area contributed by atoms with Gasteiger partial charge in [-0.15, -0.1) is 0 Å². The van der Waals surface area contributed by atoms with Crippen LogP contribution in [0, 0.1) is 6.92 Å². The van der Waals surface area contributed by atoms with Crippen LogP contribution >= 0.6 is 0 Å². The second kappa shape index (κ2) is 4.74. The molecule has 1 aliphatic carbocycles. The van der Waals surface area contributed by atoms with Crippen LogP contribution in [-0.2, 0) is 10.2 Å². The van der Waals surface area contributed by atoms with Crippen LogP contribution in [0.25, 0.3) is 0 Å². The van der Waals surface area contributed by atoms with Gasteiger partial charge in [0.2, 0.25) is 5.91 Å². The maximum atomic E-state index is 12.3. The molecule has 1 aromatic rings. The van der Waals surface area contributed by atoms with Gasteiger partial charge in [-0.3, -0.25) is 9.80 Å². The summed E-state index contributed by atoms with van der Waals surface area (Å²) in [7, 11) is 4.80. The third-order valence-electron chi connectivity index (χ3n) is 3.78. The number of hydrogen-bond donors (Lipinski definition) is 1. The molecule has 5 heteroatoms. The number of amides is 1. The van der Waals surface area contributed by atoms with Crippen molar-refractivity contribution < 1.29 is 14.3 Å². The lowest BCUT2D eigenvalue weighted by Gasteiger charge is -2.23. The highest BCUT2D eigenvalue weighted by Crippen LogP contribution is 2.53. The third-order valence-corrected chi connectivity index (χ3v) is 3.78. The molecule has 0 spiro atoms. The van der Waals surface area contributed by atoms with Crippen molar-refractivity contribution >= 4 is 5.91 Å². The number of rotatable bonds is 4. The van der Waals surface area contributed by atoms with Crippen molar-refractivity contribution in [1.29, 1.82) is 0 Å². The van der Waals surface area contributed by atoms with Gasteiger partial charge in [0.1, 0.15) is 11.5 Å². The molecule has 104 valence electrons. The number of hydrogen-bond acceptors (Lipinski definition) is 4. The van der Waals surface area contributed by atoms with E-state index >= 15 is 0 Å². The van der Waals surface area contributed by atoms with Crippen molar-refractivity contribution in [2.45, 2.75) is 25.2 Å². The summed E-state index contributed by atoms with van der Waals surface area (Å²) in [5, 5.41) is 1.16. The molecule has 1 amide bonds. The predicted octanol–water partition coefficient (Wildman–Crippen LogP) is 1.38. The van der Waals surface area contributed by atoms with Gasteiger partial charge in [-0.2, -0.15) is 0 Å². The van der Waals surface area contributed by atoms with Crippen molar-refractivity contribution in [1.82, 2.24) is 5.01 Å². The van der Waals surface area contributed by atoms with E-state index in [1.807, 2.05) is 19.1 Å². The van der Waals surface area contributed by atoms with Gasteiger partial charge in [0.15, 0.2) is 0 Å². The monoisotopic (exact) mass is 264 g/mol. The molecule has 5 nitrogen and oxygen atoms in total. The molecule has 19 heavy (non-hydrogen) atoms. The number of likely N-dealkylation sites (N-methyl/N-ethyl adjacent to an activating group) is 1. The summed E-state index contributed by atoms with van der Waals surface area (Å²) < 4.78 is 10.8. The minimum Gasteiger partial charge on any atom is -0.496 e. The number of ether oxygens (including phenoxy) is 2. The van der Waals surface area contributed by atoms with Crippen LogP contribution in [-0.4, -0.2) is 32.2 Å². The van der Waals surface area contributed by atoms with Gasteiger partial charge in [-0.25, -0.2) is 5.84 Å². The zero-order valence-corrected chi connectivity index (χ0v) is 11.8. The largest absolute Gasteiger partial charge is 0.496 e. The summed E-state index contributed by atoms with van der Waals surface area (Å²) in [6, 6.07) is 3.77. The van der Waals surface area contributed by atoms with E-state index in [0.717, 1.165) is 34.7 Å². The Balaban J connectivity index is 2.52. The summed E-state index contributed by atoms with van der Waals surface area (Å²) in [5.74, 6) is 7.00. The first kappa shape index (κ1) is 13.7. The van der Waals surface area contributed by atoms with Crippen LogP contribution in [0.4, 0.5) is 0 Å². The summed E-state index contributed by atoms with van der Waals surface area (Å²) in [4.78, 5) is 12.3. The standard InChI is InChI=1S/C14H20N2O3/c1-9-11(18-3)6-5-10(12(9)19-4)14(7-8-14)13(17)16(2)15/h5-6H,7-8,15H2,1-4H3. The molecule has 0 unspecified atom stereocenters. The molecule has 0 aromatic heterocycles. The van der Waals surface area contributed by atoms with E-state index < -0.39 is 5.41 Å². The van der Waals surface area contributed by atoms with Crippen LogP contribution in [0.5, 0.6) is 11.5 Å². The molecular formula is C14H20N2O3. The van der Waals surface area contributed by atoms with Crippen LogP contribution in [0.3, 0.4) is 0 Å². The molecular weight excluding hydrogens is 244 g/mol. The van der Waals surface area contributed by atoms with Gasteiger partial charge < -0.3 is 9.47 Å². The number of hydrazine groups is 1. The first-order valence-corrected chi connectivity index (χ1v) is 6.23. The SMILES string of the molecule is COc1ccc(C2(C(=O)N(C)N)CC2)c(OC)c1C. The Kier molecular flexibility index (Phi) is 3.41. The number of methoxy groups -OCH3 is 2. The Morgan fingerprint density at radius 2 is 1.95 bits per heavy atom. The molecule has 2 rings (SSSR count). The molecule has 0 saturated heterocycles. The molecule has 0 bridgehead atoms. The number of nitrogens with zero attached hydrogens (tertiary/aromatic N) is 1. The smallest absolute Gasteiger partial charge is 0.246 e. The van der Waals surface area contributed by atoms with Gasteiger partial charge in [-0.1, -0.05) is 6.07 Å².